The van der Waals surface area contributed by atoms with Gasteiger partial charge in [-0.15, -0.1) is 0 Å². The Kier molecular flexibility index (Phi) is 4.67. The second-order valence-electron chi connectivity index (χ2n) is 5.74. The lowest BCUT2D eigenvalue weighted by molar-refractivity contribution is 0.678. The number of benzene rings is 1. The molecular formula is C18H20N4S. The number of fused-ring (bicyclic) bond motifs is 1. The van der Waals surface area contributed by atoms with Gasteiger partial charge in [-0.1, -0.05) is 42.5 Å². The van der Waals surface area contributed by atoms with E-state index in [1.54, 1.807) is 0 Å². The first-order chi connectivity index (χ1) is 11.1. The Morgan fingerprint density at radius 1 is 1.22 bits per heavy atom. The Bertz CT molecular complexity index is 824. The molecule has 2 aromatic heterocycles. The van der Waals surface area contributed by atoms with E-state index in [9.17, 15) is 0 Å². The molecule has 0 saturated carbocycles. The van der Waals surface area contributed by atoms with Crippen LogP contribution in [0.15, 0.2) is 42.6 Å². The Balaban J connectivity index is 1.90. The molecule has 1 aromatic carbocycles. The zero-order chi connectivity index (χ0) is 16.2. The monoisotopic (exact) mass is 324 g/mol. The standard InChI is InChI=1S/C18H20N4S/c1-13-11-15-18(20-12-13)22(10-9-16(19)23)17(21-15)8-7-14-5-3-2-4-6-14/h2-6,11-12H,7-10H2,1H3,(H2,19,23). The van der Waals surface area contributed by atoms with Crippen LogP contribution in [0.5, 0.6) is 0 Å². The van der Waals surface area contributed by atoms with Crippen molar-refractivity contribution in [3.05, 3.63) is 59.5 Å². The van der Waals surface area contributed by atoms with E-state index < -0.39 is 0 Å². The van der Waals surface area contributed by atoms with Gasteiger partial charge < -0.3 is 10.3 Å². The summed E-state index contributed by atoms with van der Waals surface area (Å²) in [6, 6.07) is 12.5. The summed E-state index contributed by atoms with van der Waals surface area (Å²) in [5, 5.41) is 0. The van der Waals surface area contributed by atoms with Crippen LogP contribution in [0.3, 0.4) is 0 Å². The topological polar surface area (TPSA) is 56.7 Å². The third kappa shape index (κ3) is 3.74. The first kappa shape index (κ1) is 15.6. The first-order valence-electron chi connectivity index (χ1n) is 7.77. The van der Waals surface area contributed by atoms with Gasteiger partial charge in [-0.3, -0.25) is 0 Å². The van der Waals surface area contributed by atoms with Crippen LogP contribution in [-0.4, -0.2) is 19.5 Å². The summed E-state index contributed by atoms with van der Waals surface area (Å²) >= 11 is 5.02. The largest absolute Gasteiger partial charge is 0.393 e. The van der Waals surface area contributed by atoms with Crippen LogP contribution >= 0.6 is 12.2 Å². The van der Waals surface area contributed by atoms with E-state index in [2.05, 4.69) is 39.9 Å². The Hall–Kier alpha value is -2.27. The smallest absolute Gasteiger partial charge is 0.160 e. The lowest BCUT2D eigenvalue weighted by Gasteiger charge is -2.08. The van der Waals surface area contributed by atoms with Crippen molar-refractivity contribution in [1.82, 2.24) is 14.5 Å². The van der Waals surface area contributed by atoms with Gasteiger partial charge in [0.2, 0.25) is 0 Å². The number of rotatable bonds is 6. The van der Waals surface area contributed by atoms with E-state index in [0.717, 1.165) is 41.9 Å². The van der Waals surface area contributed by atoms with Crippen LogP contribution in [0.2, 0.25) is 0 Å². The maximum atomic E-state index is 5.67. The zero-order valence-electron chi connectivity index (χ0n) is 13.2. The molecule has 2 heterocycles. The van der Waals surface area contributed by atoms with Crippen molar-refractivity contribution in [2.24, 2.45) is 5.73 Å². The van der Waals surface area contributed by atoms with Gasteiger partial charge in [0, 0.05) is 25.6 Å². The molecule has 0 unspecified atom stereocenters. The molecule has 0 aliphatic heterocycles. The highest BCUT2D eigenvalue weighted by atomic mass is 32.1. The molecule has 3 rings (SSSR count). The fourth-order valence-corrected chi connectivity index (χ4v) is 2.80. The lowest BCUT2D eigenvalue weighted by atomic mass is 10.1. The predicted octanol–water partition coefficient (Wildman–Crippen LogP) is 3.20. The number of thiocarbonyl (C=S) groups is 1. The Morgan fingerprint density at radius 3 is 2.74 bits per heavy atom. The maximum absolute atomic E-state index is 5.67. The molecule has 0 aliphatic rings. The molecule has 0 radical (unpaired) electrons. The zero-order valence-corrected chi connectivity index (χ0v) is 14.0. The van der Waals surface area contributed by atoms with Crippen molar-refractivity contribution in [2.75, 3.05) is 0 Å². The van der Waals surface area contributed by atoms with Crippen LogP contribution in [0.4, 0.5) is 0 Å². The summed E-state index contributed by atoms with van der Waals surface area (Å²) in [5.74, 6) is 1.04. The van der Waals surface area contributed by atoms with Crippen LogP contribution < -0.4 is 5.73 Å². The summed E-state index contributed by atoms with van der Waals surface area (Å²) in [6.07, 6.45) is 4.36. The molecule has 2 N–H and O–H groups in total. The third-order valence-electron chi connectivity index (χ3n) is 3.86. The average Bonchev–Trinajstić information content (AvgIpc) is 2.88. The van der Waals surface area contributed by atoms with Crippen LogP contribution in [-0.2, 0) is 19.4 Å². The molecule has 0 saturated heterocycles. The van der Waals surface area contributed by atoms with Gasteiger partial charge in [-0.05, 0) is 30.5 Å². The van der Waals surface area contributed by atoms with E-state index in [0.29, 0.717) is 11.4 Å². The van der Waals surface area contributed by atoms with Crippen molar-refractivity contribution in [1.29, 1.82) is 0 Å². The van der Waals surface area contributed by atoms with Crippen molar-refractivity contribution in [3.8, 4) is 0 Å². The minimum absolute atomic E-state index is 0.521. The van der Waals surface area contributed by atoms with Gasteiger partial charge in [0.05, 0.1) is 4.99 Å². The molecule has 0 spiro atoms. The highest BCUT2D eigenvalue weighted by Gasteiger charge is 2.12. The van der Waals surface area contributed by atoms with Crippen molar-refractivity contribution in [2.45, 2.75) is 32.7 Å². The maximum Gasteiger partial charge on any atom is 0.160 e. The fourth-order valence-electron chi connectivity index (χ4n) is 2.71. The van der Waals surface area contributed by atoms with Gasteiger partial charge in [0.25, 0.3) is 0 Å². The second-order valence-corrected chi connectivity index (χ2v) is 6.26. The number of aryl methyl sites for hydroxylation is 4. The molecule has 0 bridgehead atoms. The molecule has 0 aliphatic carbocycles. The minimum Gasteiger partial charge on any atom is -0.393 e. The average molecular weight is 324 g/mol. The molecule has 5 heteroatoms. The number of nitrogens with two attached hydrogens (primary N) is 1. The van der Waals surface area contributed by atoms with E-state index in [4.69, 9.17) is 22.9 Å². The number of nitrogens with zero attached hydrogens (tertiary/aromatic N) is 3. The molecule has 4 nitrogen and oxygen atoms in total. The molecule has 3 aromatic rings. The van der Waals surface area contributed by atoms with Crippen molar-refractivity contribution < 1.29 is 0 Å². The summed E-state index contributed by atoms with van der Waals surface area (Å²) in [4.78, 5) is 9.85. The minimum atomic E-state index is 0.521. The number of hydrogen-bond donors (Lipinski definition) is 1. The highest BCUT2D eigenvalue weighted by molar-refractivity contribution is 7.80. The normalized spacial score (nSPS) is 11.0. The van der Waals surface area contributed by atoms with E-state index in [1.807, 2.05) is 19.2 Å². The molecule has 0 atom stereocenters. The SMILES string of the molecule is Cc1cnc2c(c1)nc(CCc1ccccc1)n2CCC(N)=S. The van der Waals surface area contributed by atoms with Gasteiger partial charge in [-0.2, -0.15) is 0 Å². The highest BCUT2D eigenvalue weighted by Crippen LogP contribution is 2.17. The first-order valence-corrected chi connectivity index (χ1v) is 8.18. The Morgan fingerprint density at radius 2 is 2.00 bits per heavy atom. The molecule has 23 heavy (non-hydrogen) atoms. The summed E-state index contributed by atoms with van der Waals surface area (Å²) in [7, 11) is 0. The van der Waals surface area contributed by atoms with E-state index in [-0.39, 0.29) is 0 Å². The van der Waals surface area contributed by atoms with E-state index in [1.165, 1.54) is 5.56 Å². The Labute approximate surface area is 141 Å². The lowest BCUT2D eigenvalue weighted by Crippen LogP contribution is -2.14. The number of imidazole rings is 1. The van der Waals surface area contributed by atoms with Crippen molar-refractivity contribution >= 4 is 28.4 Å². The molecular weight excluding hydrogens is 304 g/mol. The predicted molar refractivity (Wildman–Crippen MR) is 97.5 cm³/mol. The molecule has 0 fully saturated rings. The molecule has 118 valence electrons. The van der Waals surface area contributed by atoms with Crippen LogP contribution in [0, 0.1) is 6.92 Å². The number of hydrogen-bond acceptors (Lipinski definition) is 3. The summed E-state index contributed by atoms with van der Waals surface area (Å²) in [5.41, 5.74) is 9.95. The van der Waals surface area contributed by atoms with Gasteiger partial charge in [-0.25, -0.2) is 9.97 Å². The summed E-state index contributed by atoms with van der Waals surface area (Å²) in [6.45, 7) is 2.76. The summed E-state index contributed by atoms with van der Waals surface area (Å²) < 4.78 is 2.15. The van der Waals surface area contributed by atoms with Gasteiger partial charge >= 0.3 is 0 Å². The van der Waals surface area contributed by atoms with E-state index >= 15 is 0 Å². The van der Waals surface area contributed by atoms with Crippen LogP contribution in [0.25, 0.3) is 11.2 Å². The third-order valence-corrected chi connectivity index (χ3v) is 4.07. The van der Waals surface area contributed by atoms with Crippen LogP contribution in [0.1, 0.15) is 23.4 Å². The van der Waals surface area contributed by atoms with Gasteiger partial charge in [0.1, 0.15) is 11.3 Å². The fraction of sp³-hybridized carbons (Fsp3) is 0.278. The van der Waals surface area contributed by atoms with Gasteiger partial charge in [0.15, 0.2) is 5.65 Å². The van der Waals surface area contributed by atoms with Crippen molar-refractivity contribution in [3.63, 3.8) is 0 Å². The second kappa shape index (κ2) is 6.87. The molecule has 0 amide bonds. The quantitative estimate of drug-likeness (QED) is 0.708. The number of aromatic nitrogens is 3. The number of pyridine rings is 1.